The first-order chi connectivity index (χ1) is 9.21. The minimum Gasteiger partial charge on any atom is -0.368 e. The number of thiophene rings is 1. The molecule has 2 aromatic heterocycles. The third kappa shape index (κ3) is 2.52. The van der Waals surface area contributed by atoms with Crippen LogP contribution in [0.3, 0.4) is 0 Å². The lowest BCUT2D eigenvalue weighted by atomic mass is 10.2. The molecule has 4 nitrogen and oxygen atoms in total. The summed E-state index contributed by atoms with van der Waals surface area (Å²) in [6, 6.07) is 2.77. The summed E-state index contributed by atoms with van der Waals surface area (Å²) in [5.41, 5.74) is 5.81. The van der Waals surface area contributed by atoms with E-state index >= 15 is 0 Å². The zero-order valence-electron chi connectivity index (χ0n) is 11.4. The summed E-state index contributed by atoms with van der Waals surface area (Å²) in [6.07, 6.45) is 4.83. The van der Waals surface area contributed by atoms with Gasteiger partial charge in [0.1, 0.15) is 10.6 Å². The molecule has 1 aliphatic carbocycles. The van der Waals surface area contributed by atoms with E-state index in [4.69, 9.17) is 5.73 Å². The molecule has 2 aromatic rings. The van der Waals surface area contributed by atoms with Crippen LogP contribution >= 0.6 is 11.3 Å². The smallest absolute Gasteiger partial charge is 0.223 e. The number of rotatable bonds is 5. The Bertz CT molecular complexity index is 592. The Balaban J connectivity index is 1.87. The highest BCUT2D eigenvalue weighted by Crippen LogP contribution is 2.39. The van der Waals surface area contributed by atoms with Gasteiger partial charge in [0.15, 0.2) is 0 Å². The van der Waals surface area contributed by atoms with Gasteiger partial charge in [-0.25, -0.2) is 4.98 Å². The average Bonchev–Trinajstić information content (AvgIpc) is 2.96. The van der Waals surface area contributed by atoms with E-state index in [1.165, 1.54) is 24.1 Å². The van der Waals surface area contributed by atoms with E-state index in [1.54, 1.807) is 11.3 Å². The van der Waals surface area contributed by atoms with Crippen molar-refractivity contribution in [3.63, 3.8) is 0 Å². The van der Waals surface area contributed by atoms with Crippen molar-refractivity contribution < 1.29 is 0 Å². The van der Waals surface area contributed by atoms with Gasteiger partial charge in [-0.05, 0) is 31.2 Å². The molecule has 0 aliphatic heterocycles. The summed E-state index contributed by atoms with van der Waals surface area (Å²) in [7, 11) is 0. The molecule has 3 rings (SSSR count). The van der Waals surface area contributed by atoms with Gasteiger partial charge in [0, 0.05) is 10.9 Å². The quantitative estimate of drug-likeness (QED) is 0.878. The van der Waals surface area contributed by atoms with Crippen molar-refractivity contribution in [2.75, 3.05) is 11.1 Å². The average molecular weight is 276 g/mol. The van der Waals surface area contributed by atoms with E-state index in [0.29, 0.717) is 12.0 Å². The molecule has 2 unspecified atom stereocenters. The van der Waals surface area contributed by atoms with Crippen molar-refractivity contribution in [3.8, 4) is 0 Å². The molecule has 1 saturated carbocycles. The lowest BCUT2D eigenvalue weighted by Gasteiger charge is -2.06. The van der Waals surface area contributed by atoms with Crippen molar-refractivity contribution in [3.05, 3.63) is 10.9 Å². The Morgan fingerprint density at radius 2 is 2.26 bits per heavy atom. The molecule has 2 heterocycles. The minimum atomic E-state index is 0.368. The Kier molecular flexibility index (Phi) is 3.31. The van der Waals surface area contributed by atoms with E-state index in [0.717, 1.165) is 28.4 Å². The Morgan fingerprint density at radius 3 is 3.00 bits per heavy atom. The fourth-order valence-electron chi connectivity index (χ4n) is 2.56. The zero-order valence-corrected chi connectivity index (χ0v) is 12.3. The van der Waals surface area contributed by atoms with Crippen LogP contribution in [0.1, 0.15) is 38.0 Å². The van der Waals surface area contributed by atoms with Crippen LogP contribution in [0.15, 0.2) is 6.07 Å². The lowest BCUT2D eigenvalue weighted by molar-refractivity contribution is 0.692. The van der Waals surface area contributed by atoms with Crippen molar-refractivity contribution in [2.45, 2.75) is 45.6 Å². The first-order valence-corrected chi connectivity index (χ1v) is 7.85. The van der Waals surface area contributed by atoms with Gasteiger partial charge < -0.3 is 11.1 Å². The second-order valence-electron chi connectivity index (χ2n) is 5.25. The van der Waals surface area contributed by atoms with Crippen molar-refractivity contribution in [1.29, 1.82) is 0 Å². The summed E-state index contributed by atoms with van der Waals surface area (Å²) in [5, 5.41) is 4.67. The number of aromatic nitrogens is 2. The highest BCUT2D eigenvalue weighted by atomic mass is 32.1. The second-order valence-corrected chi connectivity index (χ2v) is 6.37. The Morgan fingerprint density at radius 1 is 1.42 bits per heavy atom. The van der Waals surface area contributed by atoms with Crippen LogP contribution < -0.4 is 11.1 Å². The SMILES string of the molecule is CCCC1CC1Nc1nc(N)nc2sc(CC)cc12. The molecule has 0 amide bonds. The van der Waals surface area contributed by atoms with Gasteiger partial charge in [-0.1, -0.05) is 20.3 Å². The number of aryl methyl sites for hydroxylation is 1. The monoisotopic (exact) mass is 276 g/mol. The van der Waals surface area contributed by atoms with Crippen molar-refractivity contribution >= 4 is 33.3 Å². The van der Waals surface area contributed by atoms with Gasteiger partial charge in [-0.15, -0.1) is 11.3 Å². The summed E-state index contributed by atoms with van der Waals surface area (Å²) < 4.78 is 0. The molecule has 0 aromatic carbocycles. The van der Waals surface area contributed by atoms with Gasteiger partial charge in [-0.2, -0.15) is 4.98 Å². The van der Waals surface area contributed by atoms with Gasteiger partial charge in [0.05, 0.1) is 5.39 Å². The molecule has 0 saturated heterocycles. The summed E-state index contributed by atoms with van der Waals surface area (Å²) in [6.45, 7) is 4.40. The maximum absolute atomic E-state index is 5.81. The maximum Gasteiger partial charge on any atom is 0.223 e. The van der Waals surface area contributed by atoms with Gasteiger partial charge >= 0.3 is 0 Å². The maximum atomic E-state index is 5.81. The number of nitrogens with two attached hydrogens (primary N) is 1. The van der Waals surface area contributed by atoms with Crippen LogP contribution in [0.5, 0.6) is 0 Å². The van der Waals surface area contributed by atoms with Crippen LogP contribution in [0, 0.1) is 5.92 Å². The topological polar surface area (TPSA) is 63.8 Å². The molecule has 0 bridgehead atoms. The number of fused-ring (bicyclic) bond motifs is 1. The largest absolute Gasteiger partial charge is 0.368 e. The van der Waals surface area contributed by atoms with Crippen LogP contribution in [-0.2, 0) is 6.42 Å². The Hall–Kier alpha value is -1.36. The number of anilines is 2. The van der Waals surface area contributed by atoms with Gasteiger partial charge in [0.25, 0.3) is 0 Å². The van der Waals surface area contributed by atoms with Crippen LogP contribution in [-0.4, -0.2) is 16.0 Å². The van der Waals surface area contributed by atoms with E-state index in [2.05, 4.69) is 35.2 Å². The first kappa shape index (κ1) is 12.7. The van der Waals surface area contributed by atoms with Gasteiger partial charge in [0.2, 0.25) is 5.95 Å². The van der Waals surface area contributed by atoms with Crippen molar-refractivity contribution in [2.24, 2.45) is 5.92 Å². The molecule has 0 radical (unpaired) electrons. The lowest BCUT2D eigenvalue weighted by Crippen LogP contribution is -2.08. The predicted octanol–water partition coefficient (Wildman–Crippen LogP) is 3.44. The van der Waals surface area contributed by atoms with E-state index in [-0.39, 0.29) is 0 Å². The Labute approximate surface area is 117 Å². The second kappa shape index (κ2) is 4.96. The zero-order chi connectivity index (χ0) is 13.4. The molecular weight excluding hydrogens is 256 g/mol. The summed E-state index contributed by atoms with van der Waals surface area (Å²) in [4.78, 5) is 11.1. The standard InChI is InChI=1S/C14H20N4S/c1-3-5-8-6-11(8)16-12-10-7-9(4-2)19-13(10)18-14(15)17-12/h7-8,11H,3-6H2,1-2H3,(H3,15,16,17,18). The molecular formula is C14H20N4S. The molecule has 102 valence electrons. The third-order valence-corrected chi connectivity index (χ3v) is 4.89. The molecule has 1 aliphatic rings. The molecule has 5 heteroatoms. The normalized spacial score (nSPS) is 21.8. The molecule has 19 heavy (non-hydrogen) atoms. The van der Waals surface area contributed by atoms with E-state index in [1.807, 2.05) is 0 Å². The fourth-order valence-corrected chi connectivity index (χ4v) is 3.54. The van der Waals surface area contributed by atoms with Crippen LogP contribution in [0.4, 0.5) is 11.8 Å². The van der Waals surface area contributed by atoms with Gasteiger partial charge in [-0.3, -0.25) is 0 Å². The highest BCUT2D eigenvalue weighted by molar-refractivity contribution is 7.18. The number of nitrogens with one attached hydrogen (secondary N) is 1. The number of nitrogens with zero attached hydrogens (tertiary/aromatic N) is 2. The summed E-state index contributed by atoms with van der Waals surface area (Å²) in [5.74, 6) is 2.09. The molecule has 0 spiro atoms. The van der Waals surface area contributed by atoms with E-state index in [9.17, 15) is 0 Å². The molecule has 2 atom stereocenters. The molecule has 3 N–H and O–H groups in total. The molecule has 1 fully saturated rings. The number of hydrogen-bond acceptors (Lipinski definition) is 5. The fraction of sp³-hybridized carbons (Fsp3) is 0.571. The highest BCUT2D eigenvalue weighted by Gasteiger charge is 2.36. The minimum absolute atomic E-state index is 0.368. The predicted molar refractivity (Wildman–Crippen MR) is 81.6 cm³/mol. The number of nitrogen functional groups attached to an aromatic ring is 1. The number of hydrogen-bond donors (Lipinski definition) is 2. The van der Waals surface area contributed by atoms with Crippen LogP contribution in [0.25, 0.3) is 10.2 Å². The first-order valence-electron chi connectivity index (χ1n) is 7.03. The third-order valence-electron chi connectivity index (χ3n) is 3.71. The van der Waals surface area contributed by atoms with Crippen LogP contribution in [0.2, 0.25) is 0 Å². The van der Waals surface area contributed by atoms with Crippen molar-refractivity contribution in [1.82, 2.24) is 9.97 Å². The van der Waals surface area contributed by atoms with E-state index < -0.39 is 0 Å². The summed E-state index contributed by atoms with van der Waals surface area (Å²) >= 11 is 1.71.